The number of hydrogen-bond acceptors (Lipinski definition) is 2. The van der Waals surface area contributed by atoms with Crippen molar-refractivity contribution in [1.82, 2.24) is 0 Å². The van der Waals surface area contributed by atoms with Crippen molar-refractivity contribution in [2.75, 3.05) is 6.54 Å². The Morgan fingerprint density at radius 2 is 2.00 bits per heavy atom. The number of Topliss-reactive ketones (excluding diaryl/α,β-unsaturated/α-hetero) is 1. The molecule has 3 heteroatoms. The third-order valence-electron chi connectivity index (χ3n) is 2.18. The van der Waals surface area contributed by atoms with Crippen LogP contribution in [0.3, 0.4) is 0 Å². The molecule has 0 amide bonds. The molecule has 0 unspecified atom stereocenters. The maximum absolute atomic E-state index is 13.1. The molecule has 0 saturated heterocycles. The lowest BCUT2D eigenvalue weighted by Crippen LogP contribution is -2.10. The van der Waals surface area contributed by atoms with Gasteiger partial charge in [0.05, 0.1) is 0 Å². The smallest absolute Gasteiger partial charge is 0.164 e. The number of ketones is 1. The second-order valence-electron chi connectivity index (χ2n) is 3.38. The van der Waals surface area contributed by atoms with Gasteiger partial charge in [0.1, 0.15) is 5.82 Å². The van der Waals surface area contributed by atoms with Crippen LogP contribution in [0.2, 0.25) is 0 Å². The maximum Gasteiger partial charge on any atom is 0.164 e. The first-order chi connectivity index (χ1) is 6.56. The number of hydrogen-bond donors (Lipinski definition) is 1. The van der Waals surface area contributed by atoms with Crippen molar-refractivity contribution < 1.29 is 9.18 Å². The fourth-order valence-corrected chi connectivity index (χ4v) is 1.35. The van der Waals surface area contributed by atoms with Gasteiger partial charge in [0.15, 0.2) is 5.78 Å². The number of rotatable bonds is 3. The minimum atomic E-state index is -0.271. The molecule has 0 atom stereocenters. The molecule has 1 aromatic rings. The summed E-state index contributed by atoms with van der Waals surface area (Å²) in [5, 5.41) is 0. The van der Waals surface area contributed by atoms with Crippen LogP contribution >= 0.6 is 0 Å². The highest BCUT2D eigenvalue weighted by atomic mass is 19.1. The molecular weight excluding hydrogens is 181 g/mol. The molecular formula is C11H14FNO. The fourth-order valence-electron chi connectivity index (χ4n) is 1.35. The van der Waals surface area contributed by atoms with E-state index in [1.807, 2.05) is 0 Å². The Kier molecular flexibility index (Phi) is 3.36. The van der Waals surface area contributed by atoms with Gasteiger partial charge >= 0.3 is 0 Å². The molecule has 14 heavy (non-hydrogen) atoms. The largest absolute Gasteiger partial charge is 0.330 e. The molecule has 0 aliphatic carbocycles. The van der Waals surface area contributed by atoms with E-state index in [1.54, 1.807) is 19.9 Å². The van der Waals surface area contributed by atoms with Crippen LogP contribution in [-0.2, 0) is 0 Å². The minimum Gasteiger partial charge on any atom is -0.330 e. The molecule has 2 N–H and O–H groups in total. The number of carbonyl (C=O) groups is 1. The third-order valence-corrected chi connectivity index (χ3v) is 2.18. The van der Waals surface area contributed by atoms with E-state index in [4.69, 9.17) is 5.73 Å². The molecule has 0 spiro atoms. The second kappa shape index (κ2) is 4.33. The zero-order chi connectivity index (χ0) is 10.7. The Morgan fingerprint density at radius 1 is 1.36 bits per heavy atom. The van der Waals surface area contributed by atoms with Gasteiger partial charge in [0.25, 0.3) is 0 Å². The summed E-state index contributed by atoms with van der Waals surface area (Å²) in [7, 11) is 0. The van der Waals surface area contributed by atoms with E-state index < -0.39 is 0 Å². The summed E-state index contributed by atoms with van der Waals surface area (Å²) in [6.07, 6.45) is 0.311. The number of aryl methyl sites for hydroxylation is 2. The number of nitrogens with two attached hydrogens (primary N) is 1. The third kappa shape index (κ3) is 2.17. The van der Waals surface area contributed by atoms with Crippen LogP contribution in [0.15, 0.2) is 12.1 Å². The normalized spacial score (nSPS) is 10.3. The van der Waals surface area contributed by atoms with Crippen molar-refractivity contribution in [3.8, 4) is 0 Å². The lowest BCUT2D eigenvalue weighted by molar-refractivity contribution is 0.0984. The molecule has 0 heterocycles. The van der Waals surface area contributed by atoms with Crippen molar-refractivity contribution in [1.29, 1.82) is 0 Å². The maximum atomic E-state index is 13.1. The van der Waals surface area contributed by atoms with Gasteiger partial charge in [-0.25, -0.2) is 4.39 Å². The summed E-state index contributed by atoms with van der Waals surface area (Å²) in [4.78, 5) is 11.5. The second-order valence-corrected chi connectivity index (χ2v) is 3.38. The summed E-state index contributed by atoms with van der Waals surface area (Å²) >= 11 is 0. The van der Waals surface area contributed by atoms with Gasteiger partial charge in [-0.1, -0.05) is 0 Å². The van der Waals surface area contributed by atoms with Crippen molar-refractivity contribution >= 4 is 5.78 Å². The van der Waals surface area contributed by atoms with Crippen LogP contribution in [-0.4, -0.2) is 12.3 Å². The van der Waals surface area contributed by atoms with E-state index in [0.29, 0.717) is 29.7 Å². The average Bonchev–Trinajstić information content (AvgIpc) is 2.11. The molecule has 0 aliphatic heterocycles. The van der Waals surface area contributed by atoms with Crippen LogP contribution in [0, 0.1) is 19.7 Å². The van der Waals surface area contributed by atoms with E-state index in [-0.39, 0.29) is 11.6 Å². The number of carbonyl (C=O) groups excluding carboxylic acids is 1. The monoisotopic (exact) mass is 195 g/mol. The SMILES string of the molecule is Cc1cc(C(=O)CCN)c(C)cc1F. The van der Waals surface area contributed by atoms with E-state index in [1.165, 1.54) is 6.07 Å². The van der Waals surface area contributed by atoms with E-state index in [9.17, 15) is 9.18 Å². The van der Waals surface area contributed by atoms with Crippen LogP contribution < -0.4 is 5.73 Å². The highest BCUT2D eigenvalue weighted by Crippen LogP contribution is 2.16. The number of halogens is 1. The van der Waals surface area contributed by atoms with Gasteiger partial charge in [-0.15, -0.1) is 0 Å². The highest BCUT2D eigenvalue weighted by molar-refractivity contribution is 5.97. The van der Waals surface area contributed by atoms with E-state index in [0.717, 1.165) is 0 Å². The van der Waals surface area contributed by atoms with Crippen LogP contribution in [0.4, 0.5) is 4.39 Å². The molecule has 2 nitrogen and oxygen atoms in total. The summed E-state index contributed by atoms with van der Waals surface area (Å²) in [5.74, 6) is -0.292. The first-order valence-electron chi connectivity index (χ1n) is 4.56. The minimum absolute atomic E-state index is 0.0203. The number of benzene rings is 1. The van der Waals surface area contributed by atoms with E-state index in [2.05, 4.69) is 0 Å². The van der Waals surface area contributed by atoms with Gasteiger partial charge < -0.3 is 5.73 Å². The van der Waals surface area contributed by atoms with Gasteiger partial charge in [-0.2, -0.15) is 0 Å². The molecule has 76 valence electrons. The van der Waals surface area contributed by atoms with Crippen molar-refractivity contribution in [2.45, 2.75) is 20.3 Å². The molecule has 0 radical (unpaired) electrons. The van der Waals surface area contributed by atoms with E-state index >= 15 is 0 Å². The zero-order valence-corrected chi connectivity index (χ0v) is 8.43. The predicted molar refractivity (Wildman–Crippen MR) is 53.9 cm³/mol. The summed E-state index contributed by atoms with van der Waals surface area (Å²) in [5.41, 5.74) is 7.04. The molecule has 0 fully saturated rings. The first-order valence-corrected chi connectivity index (χ1v) is 4.56. The molecule has 1 rings (SSSR count). The first kappa shape index (κ1) is 10.9. The van der Waals surface area contributed by atoms with Crippen molar-refractivity contribution in [2.24, 2.45) is 5.73 Å². The van der Waals surface area contributed by atoms with Crippen LogP contribution in [0.1, 0.15) is 27.9 Å². The van der Waals surface area contributed by atoms with Gasteiger partial charge in [0.2, 0.25) is 0 Å². The Morgan fingerprint density at radius 3 is 2.57 bits per heavy atom. The Hall–Kier alpha value is -1.22. The fraction of sp³-hybridized carbons (Fsp3) is 0.364. The van der Waals surface area contributed by atoms with Gasteiger partial charge in [-0.05, 0) is 43.7 Å². The Bertz CT molecular complexity index is 361. The van der Waals surface area contributed by atoms with Gasteiger partial charge in [0, 0.05) is 12.0 Å². The lowest BCUT2D eigenvalue weighted by Gasteiger charge is -2.06. The Balaban J connectivity index is 3.09. The summed E-state index contributed by atoms with van der Waals surface area (Å²) < 4.78 is 13.1. The average molecular weight is 195 g/mol. The molecule has 0 aliphatic rings. The Labute approximate surface area is 82.9 Å². The molecule has 0 aromatic heterocycles. The highest BCUT2D eigenvalue weighted by Gasteiger charge is 2.10. The van der Waals surface area contributed by atoms with Crippen LogP contribution in [0.25, 0.3) is 0 Å². The molecule has 0 saturated carbocycles. The molecule has 0 bridgehead atoms. The lowest BCUT2D eigenvalue weighted by atomic mass is 10.00. The van der Waals surface area contributed by atoms with Crippen molar-refractivity contribution in [3.05, 3.63) is 34.6 Å². The molecule has 1 aromatic carbocycles. The summed E-state index contributed by atoms with van der Waals surface area (Å²) in [6.45, 7) is 3.70. The predicted octanol–water partition coefficient (Wildman–Crippen LogP) is 1.97. The van der Waals surface area contributed by atoms with Crippen LogP contribution in [0.5, 0.6) is 0 Å². The summed E-state index contributed by atoms with van der Waals surface area (Å²) in [6, 6.07) is 2.97. The quantitative estimate of drug-likeness (QED) is 0.749. The topological polar surface area (TPSA) is 43.1 Å². The van der Waals surface area contributed by atoms with Gasteiger partial charge in [-0.3, -0.25) is 4.79 Å². The zero-order valence-electron chi connectivity index (χ0n) is 8.43. The van der Waals surface area contributed by atoms with Crippen molar-refractivity contribution in [3.63, 3.8) is 0 Å². The standard InChI is InChI=1S/C11H14FNO/c1-7-6-10(12)8(2)5-9(7)11(14)3-4-13/h5-6H,3-4,13H2,1-2H3.